The van der Waals surface area contributed by atoms with E-state index in [0.717, 1.165) is 10.0 Å². The SMILES string of the molecule is COc1cc(C)ccc1C(=O)c1cscc1Br. The van der Waals surface area contributed by atoms with Gasteiger partial charge in [0.2, 0.25) is 0 Å². The molecule has 0 atom stereocenters. The topological polar surface area (TPSA) is 26.3 Å². The number of carbonyl (C=O) groups excluding carboxylic acids is 1. The minimum atomic E-state index is -0.0185. The molecular formula is C13H11BrO2S. The summed E-state index contributed by atoms with van der Waals surface area (Å²) in [6, 6.07) is 5.59. The molecule has 0 bridgehead atoms. The number of aryl methyl sites for hydroxylation is 1. The Labute approximate surface area is 112 Å². The third-order valence-electron chi connectivity index (χ3n) is 2.46. The van der Waals surface area contributed by atoms with Crippen LogP contribution in [-0.4, -0.2) is 12.9 Å². The molecule has 0 spiro atoms. The van der Waals surface area contributed by atoms with Gasteiger partial charge in [-0.15, -0.1) is 0 Å². The minimum absolute atomic E-state index is 0.0185. The molecule has 0 amide bonds. The lowest BCUT2D eigenvalue weighted by molar-refractivity contribution is 0.103. The van der Waals surface area contributed by atoms with E-state index in [1.165, 1.54) is 11.3 Å². The van der Waals surface area contributed by atoms with Crippen molar-refractivity contribution >= 4 is 33.0 Å². The van der Waals surface area contributed by atoms with Crippen LogP contribution in [0.25, 0.3) is 0 Å². The largest absolute Gasteiger partial charge is 0.496 e. The average Bonchev–Trinajstić information content (AvgIpc) is 2.74. The molecule has 0 saturated heterocycles. The highest BCUT2D eigenvalue weighted by atomic mass is 79.9. The maximum Gasteiger partial charge on any atom is 0.198 e. The summed E-state index contributed by atoms with van der Waals surface area (Å²) < 4.78 is 6.08. The van der Waals surface area contributed by atoms with Crippen molar-refractivity contribution < 1.29 is 9.53 Å². The fourth-order valence-electron chi connectivity index (χ4n) is 1.57. The average molecular weight is 311 g/mol. The number of ketones is 1. The Morgan fingerprint density at radius 2 is 2.06 bits per heavy atom. The quantitative estimate of drug-likeness (QED) is 0.799. The summed E-state index contributed by atoms with van der Waals surface area (Å²) in [4.78, 5) is 12.3. The highest BCUT2D eigenvalue weighted by Crippen LogP contribution is 2.28. The van der Waals surface area contributed by atoms with E-state index < -0.39 is 0 Å². The molecule has 0 radical (unpaired) electrons. The van der Waals surface area contributed by atoms with Crippen molar-refractivity contribution in [3.05, 3.63) is 50.1 Å². The van der Waals surface area contributed by atoms with Crippen LogP contribution in [0.4, 0.5) is 0 Å². The van der Waals surface area contributed by atoms with Gasteiger partial charge in [-0.2, -0.15) is 11.3 Å². The normalized spacial score (nSPS) is 10.3. The summed E-state index contributed by atoms with van der Waals surface area (Å²) in [5.74, 6) is 0.600. The van der Waals surface area contributed by atoms with Gasteiger partial charge in [-0.25, -0.2) is 0 Å². The Morgan fingerprint density at radius 3 is 2.65 bits per heavy atom. The fourth-order valence-corrected chi connectivity index (χ4v) is 3.03. The second-order valence-electron chi connectivity index (χ2n) is 3.67. The number of benzene rings is 1. The summed E-state index contributed by atoms with van der Waals surface area (Å²) in [5.41, 5.74) is 2.34. The maximum absolute atomic E-state index is 12.3. The van der Waals surface area contributed by atoms with Crippen molar-refractivity contribution in [1.82, 2.24) is 0 Å². The van der Waals surface area contributed by atoms with E-state index in [1.807, 2.05) is 29.8 Å². The number of halogens is 1. The molecule has 2 nitrogen and oxygen atoms in total. The Kier molecular flexibility index (Phi) is 3.64. The molecule has 0 aliphatic rings. The smallest absolute Gasteiger partial charge is 0.198 e. The van der Waals surface area contributed by atoms with Crippen LogP contribution in [0.3, 0.4) is 0 Å². The summed E-state index contributed by atoms with van der Waals surface area (Å²) in [6.07, 6.45) is 0. The Hall–Kier alpha value is -1.13. The first kappa shape index (κ1) is 12.3. The van der Waals surface area contributed by atoms with Gasteiger partial charge in [-0.05, 0) is 40.5 Å². The molecule has 1 aromatic heterocycles. The van der Waals surface area contributed by atoms with Crippen molar-refractivity contribution in [1.29, 1.82) is 0 Å². The number of hydrogen-bond donors (Lipinski definition) is 0. The van der Waals surface area contributed by atoms with Crippen LogP contribution in [0.15, 0.2) is 33.4 Å². The van der Waals surface area contributed by atoms with Crippen molar-refractivity contribution in [2.45, 2.75) is 6.92 Å². The van der Waals surface area contributed by atoms with E-state index in [1.54, 1.807) is 13.2 Å². The van der Waals surface area contributed by atoms with Gasteiger partial charge in [-0.1, -0.05) is 6.07 Å². The number of carbonyl (C=O) groups is 1. The zero-order valence-electron chi connectivity index (χ0n) is 9.49. The van der Waals surface area contributed by atoms with E-state index in [4.69, 9.17) is 4.74 Å². The van der Waals surface area contributed by atoms with Crippen LogP contribution in [-0.2, 0) is 0 Å². The Bertz CT molecular complexity index is 560. The van der Waals surface area contributed by atoms with Gasteiger partial charge in [-0.3, -0.25) is 4.79 Å². The molecule has 1 heterocycles. The van der Waals surface area contributed by atoms with Gasteiger partial charge in [0, 0.05) is 20.8 Å². The number of ether oxygens (including phenoxy) is 1. The molecule has 0 saturated carbocycles. The van der Waals surface area contributed by atoms with Gasteiger partial charge in [0.15, 0.2) is 5.78 Å². The van der Waals surface area contributed by atoms with Crippen LogP contribution >= 0.6 is 27.3 Å². The van der Waals surface area contributed by atoms with Crippen molar-refractivity contribution in [3.63, 3.8) is 0 Å². The van der Waals surface area contributed by atoms with Gasteiger partial charge in [0.1, 0.15) is 5.75 Å². The third-order valence-corrected chi connectivity index (χ3v) is 4.16. The number of thiophene rings is 1. The number of hydrogen-bond acceptors (Lipinski definition) is 3. The van der Waals surface area contributed by atoms with E-state index in [9.17, 15) is 4.79 Å². The lowest BCUT2D eigenvalue weighted by atomic mass is 10.0. The zero-order valence-corrected chi connectivity index (χ0v) is 11.9. The molecule has 0 N–H and O–H groups in total. The zero-order chi connectivity index (χ0) is 12.4. The van der Waals surface area contributed by atoms with E-state index >= 15 is 0 Å². The Morgan fingerprint density at radius 1 is 1.29 bits per heavy atom. The molecule has 0 fully saturated rings. The van der Waals surface area contributed by atoms with Gasteiger partial charge >= 0.3 is 0 Å². The molecule has 0 aliphatic carbocycles. The molecule has 0 unspecified atom stereocenters. The Balaban J connectivity index is 2.48. The predicted octanol–water partition coefficient (Wildman–Crippen LogP) is 4.06. The predicted molar refractivity (Wildman–Crippen MR) is 73.2 cm³/mol. The molecule has 2 rings (SSSR count). The summed E-state index contributed by atoms with van der Waals surface area (Å²) >= 11 is 4.87. The first-order valence-electron chi connectivity index (χ1n) is 5.04. The first-order chi connectivity index (χ1) is 8.13. The maximum atomic E-state index is 12.3. The third kappa shape index (κ3) is 2.42. The van der Waals surface area contributed by atoms with Crippen molar-refractivity contribution in [2.75, 3.05) is 7.11 Å². The van der Waals surface area contributed by atoms with Gasteiger partial charge in [0.05, 0.1) is 12.7 Å². The van der Waals surface area contributed by atoms with Crippen LogP contribution in [0.2, 0.25) is 0 Å². The van der Waals surface area contributed by atoms with Crippen molar-refractivity contribution in [3.8, 4) is 5.75 Å². The lowest BCUT2D eigenvalue weighted by Gasteiger charge is -2.08. The summed E-state index contributed by atoms with van der Waals surface area (Å²) in [6.45, 7) is 1.97. The molecule has 0 aliphatic heterocycles. The lowest BCUT2D eigenvalue weighted by Crippen LogP contribution is -2.03. The fraction of sp³-hybridized carbons (Fsp3) is 0.154. The standard InChI is InChI=1S/C13H11BrO2S/c1-8-3-4-9(12(5-8)16-2)13(15)10-6-17-7-11(10)14/h3-7H,1-2H3. The molecule has 88 valence electrons. The van der Waals surface area contributed by atoms with E-state index in [2.05, 4.69) is 15.9 Å². The van der Waals surface area contributed by atoms with Gasteiger partial charge in [0.25, 0.3) is 0 Å². The molecule has 1 aromatic carbocycles. The summed E-state index contributed by atoms with van der Waals surface area (Å²) in [7, 11) is 1.58. The summed E-state index contributed by atoms with van der Waals surface area (Å²) in [5, 5.41) is 3.74. The van der Waals surface area contributed by atoms with E-state index in [0.29, 0.717) is 16.9 Å². The van der Waals surface area contributed by atoms with Crippen molar-refractivity contribution in [2.24, 2.45) is 0 Å². The number of rotatable bonds is 3. The molecule has 4 heteroatoms. The van der Waals surface area contributed by atoms with Gasteiger partial charge < -0.3 is 4.74 Å². The highest BCUT2D eigenvalue weighted by molar-refractivity contribution is 9.10. The first-order valence-corrected chi connectivity index (χ1v) is 6.78. The van der Waals surface area contributed by atoms with E-state index in [-0.39, 0.29) is 5.78 Å². The van der Waals surface area contributed by atoms with Crippen LogP contribution in [0.1, 0.15) is 21.5 Å². The highest BCUT2D eigenvalue weighted by Gasteiger charge is 2.17. The monoisotopic (exact) mass is 310 g/mol. The van der Waals surface area contributed by atoms with Crippen LogP contribution in [0, 0.1) is 6.92 Å². The molecular weight excluding hydrogens is 300 g/mol. The second kappa shape index (κ2) is 5.02. The van der Waals surface area contributed by atoms with Crippen LogP contribution < -0.4 is 4.74 Å². The molecule has 17 heavy (non-hydrogen) atoms. The molecule has 2 aromatic rings. The minimum Gasteiger partial charge on any atom is -0.496 e. The second-order valence-corrected chi connectivity index (χ2v) is 5.26. The van der Waals surface area contributed by atoms with Crippen LogP contribution in [0.5, 0.6) is 5.75 Å². The number of methoxy groups -OCH3 is 1.